The first-order valence-electron chi connectivity index (χ1n) is 6.40. The molecule has 1 saturated heterocycles. The maximum atomic E-state index is 5.17. The molecule has 0 saturated carbocycles. The van der Waals surface area contributed by atoms with Crippen LogP contribution in [0.5, 0.6) is 5.75 Å². The second kappa shape index (κ2) is 6.03. The lowest BCUT2D eigenvalue weighted by atomic mass is 10.0. The highest BCUT2D eigenvalue weighted by Gasteiger charge is 2.15. The second-order valence-corrected chi connectivity index (χ2v) is 4.70. The summed E-state index contributed by atoms with van der Waals surface area (Å²) in [4.78, 5) is 0. The molecule has 94 valence electrons. The maximum absolute atomic E-state index is 5.17. The molecule has 0 aromatic heterocycles. The molecule has 0 spiro atoms. The van der Waals surface area contributed by atoms with E-state index < -0.39 is 0 Å². The Hall–Kier alpha value is -1.06. The number of methoxy groups -OCH3 is 1. The summed E-state index contributed by atoms with van der Waals surface area (Å²) in [6.45, 7) is 4.46. The van der Waals surface area contributed by atoms with Gasteiger partial charge < -0.3 is 15.4 Å². The number of nitrogens with one attached hydrogen (secondary N) is 2. The van der Waals surface area contributed by atoms with E-state index in [1.165, 1.54) is 18.4 Å². The topological polar surface area (TPSA) is 33.3 Å². The molecular formula is C14H22N2O. The summed E-state index contributed by atoms with van der Waals surface area (Å²) in [6.07, 6.45) is 2.54. The Kier molecular flexibility index (Phi) is 4.40. The Morgan fingerprint density at radius 1 is 1.35 bits per heavy atom. The van der Waals surface area contributed by atoms with Gasteiger partial charge in [0.05, 0.1) is 7.11 Å². The van der Waals surface area contributed by atoms with Crippen molar-refractivity contribution in [2.45, 2.75) is 31.8 Å². The summed E-state index contributed by atoms with van der Waals surface area (Å²) in [5.41, 5.74) is 1.32. The van der Waals surface area contributed by atoms with Crippen LogP contribution in [0.25, 0.3) is 0 Å². The van der Waals surface area contributed by atoms with Crippen molar-refractivity contribution in [3.63, 3.8) is 0 Å². The monoisotopic (exact) mass is 234 g/mol. The molecule has 1 aliphatic heterocycles. The van der Waals surface area contributed by atoms with Crippen LogP contribution in [0.1, 0.15) is 31.4 Å². The minimum Gasteiger partial charge on any atom is -0.497 e. The highest BCUT2D eigenvalue weighted by Crippen LogP contribution is 2.18. The van der Waals surface area contributed by atoms with Gasteiger partial charge in [0.1, 0.15) is 5.75 Å². The first-order chi connectivity index (χ1) is 8.29. The molecule has 1 heterocycles. The summed E-state index contributed by atoms with van der Waals surface area (Å²) < 4.78 is 5.17. The molecule has 1 aromatic rings. The number of benzene rings is 1. The Morgan fingerprint density at radius 2 is 2.12 bits per heavy atom. The molecule has 2 atom stereocenters. The minimum atomic E-state index is 0.394. The normalized spacial score (nSPS) is 22.1. The van der Waals surface area contributed by atoms with Crippen LogP contribution in [0.4, 0.5) is 0 Å². The van der Waals surface area contributed by atoms with E-state index in [-0.39, 0.29) is 0 Å². The van der Waals surface area contributed by atoms with Gasteiger partial charge in [-0.2, -0.15) is 0 Å². The molecule has 0 aliphatic carbocycles. The fourth-order valence-electron chi connectivity index (χ4n) is 2.34. The molecule has 1 aromatic carbocycles. The molecule has 17 heavy (non-hydrogen) atoms. The van der Waals surface area contributed by atoms with Gasteiger partial charge in [0.25, 0.3) is 0 Å². The highest BCUT2D eigenvalue weighted by molar-refractivity contribution is 5.28. The molecule has 0 radical (unpaired) electrons. The summed E-state index contributed by atoms with van der Waals surface area (Å²) >= 11 is 0. The summed E-state index contributed by atoms with van der Waals surface area (Å²) in [5.74, 6) is 0.917. The third kappa shape index (κ3) is 3.45. The first kappa shape index (κ1) is 12.4. The lowest BCUT2D eigenvalue weighted by molar-refractivity contribution is 0.362. The van der Waals surface area contributed by atoms with Crippen LogP contribution in [0.15, 0.2) is 24.3 Å². The SMILES string of the molecule is COc1ccc([C@@H](C)NC2CCCNC2)cc1. The van der Waals surface area contributed by atoms with Crippen molar-refractivity contribution >= 4 is 0 Å². The van der Waals surface area contributed by atoms with Crippen molar-refractivity contribution in [2.75, 3.05) is 20.2 Å². The van der Waals surface area contributed by atoms with Crippen molar-refractivity contribution < 1.29 is 4.74 Å². The van der Waals surface area contributed by atoms with Crippen molar-refractivity contribution in [2.24, 2.45) is 0 Å². The van der Waals surface area contributed by atoms with E-state index in [0.717, 1.165) is 18.8 Å². The molecule has 1 fully saturated rings. The van der Waals surface area contributed by atoms with Crippen LogP contribution in [0, 0.1) is 0 Å². The second-order valence-electron chi connectivity index (χ2n) is 4.70. The van der Waals surface area contributed by atoms with Crippen LogP contribution in [-0.2, 0) is 0 Å². The van der Waals surface area contributed by atoms with Gasteiger partial charge in [0.15, 0.2) is 0 Å². The van der Waals surface area contributed by atoms with Crippen LogP contribution < -0.4 is 15.4 Å². The molecule has 3 heteroatoms. The van der Waals surface area contributed by atoms with Crippen molar-refractivity contribution in [3.05, 3.63) is 29.8 Å². The zero-order chi connectivity index (χ0) is 12.1. The molecular weight excluding hydrogens is 212 g/mol. The Balaban J connectivity index is 1.91. The van der Waals surface area contributed by atoms with Gasteiger partial charge in [-0.3, -0.25) is 0 Å². The smallest absolute Gasteiger partial charge is 0.118 e. The van der Waals surface area contributed by atoms with E-state index in [4.69, 9.17) is 4.74 Å². The summed E-state index contributed by atoms with van der Waals surface area (Å²) in [7, 11) is 1.70. The molecule has 2 N–H and O–H groups in total. The van der Waals surface area contributed by atoms with Gasteiger partial charge in [-0.1, -0.05) is 12.1 Å². The van der Waals surface area contributed by atoms with E-state index in [1.54, 1.807) is 7.11 Å². The molecule has 1 unspecified atom stereocenters. The Morgan fingerprint density at radius 3 is 2.71 bits per heavy atom. The molecule has 0 amide bonds. The first-order valence-corrected chi connectivity index (χ1v) is 6.40. The molecule has 3 nitrogen and oxygen atoms in total. The number of hydrogen-bond donors (Lipinski definition) is 2. The van der Waals surface area contributed by atoms with Gasteiger partial charge in [0, 0.05) is 18.6 Å². The predicted octanol–water partition coefficient (Wildman–Crippen LogP) is 2.10. The van der Waals surface area contributed by atoms with Crippen LogP contribution in [-0.4, -0.2) is 26.2 Å². The highest BCUT2D eigenvalue weighted by atomic mass is 16.5. The molecule has 2 rings (SSSR count). The van der Waals surface area contributed by atoms with E-state index in [2.05, 4.69) is 29.7 Å². The summed E-state index contributed by atoms with van der Waals surface area (Å²) in [5, 5.41) is 7.10. The number of piperidine rings is 1. The Bertz CT molecular complexity index is 331. The third-order valence-corrected chi connectivity index (χ3v) is 3.40. The largest absolute Gasteiger partial charge is 0.497 e. The number of ether oxygens (including phenoxy) is 1. The lowest BCUT2D eigenvalue weighted by Gasteiger charge is -2.27. The van der Waals surface area contributed by atoms with Gasteiger partial charge in [-0.05, 0) is 44.0 Å². The fourth-order valence-corrected chi connectivity index (χ4v) is 2.34. The van der Waals surface area contributed by atoms with E-state index >= 15 is 0 Å². The number of rotatable bonds is 4. The minimum absolute atomic E-state index is 0.394. The zero-order valence-corrected chi connectivity index (χ0v) is 10.7. The van der Waals surface area contributed by atoms with Crippen molar-refractivity contribution in [1.29, 1.82) is 0 Å². The predicted molar refractivity (Wildman–Crippen MR) is 70.4 cm³/mol. The van der Waals surface area contributed by atoms with E-state index in [0.29, 0.717) is 12.1 Å². The fraction of sp³-hybridized carbons (Fsp3) is 0.571. The third-order valence-electron chi connectivity index (χ3n) is 3.40. The average molecular weight is 234 g/mol. The molecule has 0 bridgehead atoms. The van der Waals surface area contributed by atoms with Gasteiger partial charge in [0.2, 0.25) is 0 Å². The number of hydrogen-bond acceptors (Lipinski definition) is 3. The van der Waals surface area contributed by atoms with Gasteiger partial charge >= 0.3 is 0 Å². The standard InChI is InChI=1S/C14H22N2O/c1-11(16-13-4-3-9-15-10-13)12-5-7-14(17-2)8-6-12/h5-8,11,13,15-16H,3-4,9-10H2,1-2H3/t11-,13?/m1/s1. The quantitative estimate of drug-likeness (QED) is 0.837. The molecule has 1 aliphatic rings. The van der Waals surface area contributed by atoms with E-state index in [9.17, 15) is 0 Å². The Labute approximate surface area is 104 Å². The maximum Gasteiger partial charge on any atom is 0.118 e. The van der Waals surface area contributed by atoms with Crippen LogP contribution in [0.3, 0.4) is 0 Å². The van der Waals surface area contributed by atoms with Gasteiger partial charge in [-0.15, -0.1) is 0 Å². The van der Waals surface area contributed by atoms with Crippen LogP contribution >= 0.6 is 0 Å². The van der Waals surface area contributed by atoms with Gasteiger partial charge in [-0.25, -0.2) is 0 Å². The lowest BCUT2D eigenvalue weighted by Crippen LogP contribution is -2.43. The van der Waals surface area contributed by atoms with Crippen molar-refractivity contribution in [1.82, 2.24) is 10.6 Å². The van der Waals surface area contributed by atoms with Crippen molar-refractivity contribution in [3.8, 4) is 5.75 Å². The van der Waals surface area contributed by atoms with Crippen LogP contribution in [0.2, 0.25) is 0 Å². The zero-order valence-electron chi connectivity index (χ0n) is 10.7. The average Bonchev–Trinajstić information content (AvgIpc) is 2.40. The summed E-state index contributed by atoms with van der Waals surface area (Å²) in [6, 6.07) is 9.30. The van der Waals surface area contributed by atoms with E-state index in [1.807, 2.05) is 12.1 Å².